The van der Waals surface area contributed by atoms with Crippen LogP contribution in [0.25, 0.3) is 10.2 Å². The topological polar surface area (TPSA) is 58.3 Å². The van der Waals surface area contributed by atoms with Crippen LogP contribution in [0, 0.1) is 13.8 Å². The molecule has 2 aromatic rings. The molecule has 0 saturated carbocycles. The molecule has 0 radical (unpaired) electrons. The van der Waals surface area contributed by atoms with Crippen LogP contribution in [-0.4, -0.2) is 53.6 Å². The zero-order valence-electron chi connectivity index (χ0n) is 15.5. The Morgan fingerprint density at radius 2 is 1.77 bits per heavy atom. The molecule has 2 aliphatic rings. The Balaban J connectivity index is 0.00000121. The van der Waals surface area contributed by atoms with Crippen LogP contribution in [0.15, 0.2) is 0 Å². The quantitative estimate of drug-likeness (QED) is 0.826. The van der Waals surface area contributed by atoms with E-state index in [1.54, 1.807) is 11.3 Å². The summed E-state index contributed by atoms with van der Waals surface area (Å²) in [4.78, 5) is 17.2. The second-order valence-corrected chi connectivity index (χ2v) is 8.32. The van der Waals surface area contributed by atoms with Crippen LogP contribution in [0.1, 0.15) is 35.5 Å². The fourth-order valence-electron chi connectivity index (χ4n) is 3.88. The van der Waals surface area contributed by atoms with E-state index in [4.69, 9.17) is 15.7 Å². The zero-order chi connectivity index (χ0) is 16.7. The lowest BCUT2D eigenvalue weighted by Crippen LogP contribution is -2.60. The van der Waals surface area contributed by atoms with Gasteiger partial charge >= 0.3 is 0 Å². The highest BCUT2D eigenvalue weighted by molar-refractivity contribution is 7.18. The number of thiophene rings is 1. The fourth-order valence-corrected chi connectivity index (χ4v) is 4.93. The minimum Gasteiger partial charge on any atom is -0.353 e. The summed E-state index contributed by atoms with van der Waals surface area (Å²) in [7, 11) is 0. The summed E-state index contributed by atoms with van der Waals surface area (Å²) in [6.45, 7) is 9.72. The Hall–Kier alpha value is -0.660. The van der Waals surface area contributed by atoms with E-state index < -0.39 is 0 Å². The lowest BCUT2D eigenvalue weighted by molar-refractivity contribution is 0.138. The molecule has 0 amide bonds. The van der Waals surface area contributed by atoms with E-state index in [-0.39, 0.29) is 24.8 Å². The number of nitrogens with two attached hydrogens (primary N) is 1. The highest BCUT2D eigenvalue weighted by atomic mass is 35.5. The van der Waals surface area contributed by atoms with Crippen molar-refractivity contribution >= 4 is 52.2 Å². The summed E-state index contributed by atoms with van der Waals surface area (Å²) in [5.74, 6) is 2.03. The smallest absolute Gasteiger partial charge is 0.141 e. The molecule has 5 nitrogen and oxygen atoms in total. The fraction of sp³-hybridized carbons (Fsp3) is 0.667. The van der Waals surface area contributed by atoms with Gasteiger partial charge in [0, 0.05) is 30.4 Å². The number of rotatable bonds is 4. The van der Waals surface area contributed by atoms with Crippen LogP contribution in [0.3, 0.4) is 0 Å². The molecular weight excluding hydrogens is 389 g/mol. The highest BCUT2D eigenvalue weighted by Crippen LogP contribution is 2.37. The number of anilines is 1. The van der Waals surface area contributed by atoms with Crippen LogP contribution in [-0.2, 0) is 6.42 Å². The number of hydrogen-bond donors (Lipinski definition) is 1. The summed E-state index contributed by atoms with van der Waals surface area (Å²) in [5, 5.41) is 1.26. The Labute approximate surface area is 172 Å². The summed E-state index contributed by atoms with van der Waals surface area (Å²) in [6.07, 6.45) is 4.87. The van der Waals surface area contributed by atoms with Crippen molar-refractivity contribution in [3.8, 4) is 0 Å². The normalized spacial score (nSPS) is 18.3. The third-order valence-electron chi connectivity index (χ3n) is 5.49. The van der Waals surface area contributed by atoms with Gasteiger partial charge in [0.25, 0.3) is 0 Å². The van der Waals surface area contributed by atoms with Crippen molar-refractivity contribution in [1.29, 1.82) is 0 Å². The van der Waals surface area contributed by atoms with Crippen molar-refractivity contribution in [3.63, 3.8) is 0 Å². The number of aryl methyl sites for hydroxylation is 2. The molecule has 2 aliphatic heterocycles. The van der Waals surface area contributed by atoms with E-state index in [2.05, 4.69) is 23.6 Å². The average molecular weight is 418 g/mol. The molecule has 2 saturated heterocycles. The molecule has 2 aromatic heterocycles. The van der Waals surface area contributed by atoms with Gasteiger partial charge in [-0.1, -0.05) is 6.42 Å². The van der Waals surface area contributed by atoms with E-state index >= 15 is 0 Å². The molecule has 0 spiro atoms. The van der Waals surface area contributed by atoms with Crippen LogP contribution >= 0.6 is 36.2 Å². The number of piperidine rings is 1. The maximum Gasteiger partial charge on any atom is 0.141 e. The predicted molar refractivity (Wildman–Crippen MR) is 116 cm³/mol. The van der Waals surface area contributed by atoms with Crippen LogP contribution in [0.2, 0.25) is 0 Å². The lowest BCUT2D eigenvalue weighted by Gasteiger charge is -2.47. The van der Waals surface area contributed by atoms with E-state index in [0.29, 0.717) is 12.6 Å². The monoisotopic (exact) mass is 417 g/mol. The van der Waals surface area contributed by atoms with Gasteiger partial charge in [-0.3, -0.25) is 4.90 Å². The molecule has 0 aromatic carbocycles. The Bertz CT molecular complexity index is 739. The maximum atomic E-state index is 5.74. The first-order chi connectivity index (χ1) is 11.7. The number of halogens is 2. The van der Waals surface area contributed by atoms with E-state index in [0.717, 1.165) is 36.0 Å². The molecule has 0 atom stereocenters. The number of hydrogen-bond acceptors (Lipinski definition) is 6. The summed E-state index contributed by atoms with van der Waals surface area (Å²) < 4.78 is 0. The van der Waals surface area contributed by atoms with Gasteiger partial charge in [-0.2, -0.15) is 0 Å². The minimum atomic E-state index is 0. The molecule has 0 bridgehead atoms. The van der Waals surface area contributed by atoms with Crippen LogP contribution < -0.4 is 10.6 Å². The average Bonchev–Trinajstić information content (AvgIpc) is 2.82. The van der Waals surface area contributed by atoms with Crippen molar-refractivity contribution in [1.82, 2.24) is 14.9 Å². The van der Waals surface area contributed by atoms with E-state index in [1.165, 1.54) is 48.2 Å². The standard InChI is InChI=1S/C18H27N5S.2ClH/c1-12-13(2)24-18-16(12)17(20-15(21-18)6-7-19)23-10-14(11-23)22-8-4-3-5-9-22;;/h14H,3-11,19H2,1-2H3;2*1H. The molecule has 146 valence electrons. The van der Waals surface area contributed by atoms with Crippen molar-refractivity contribution in [3.05, 3.63) is 16.3 Å². The molecule has 0 aliphatic carbocycles. The maximum absolute atomic E-state index is 5.74. The van der Waals surface area contributed by atoms with Crippen LogP contribution in [0.5, 0.6) is 0 Å². The SMILES string of the molecule is Cc1sc2nc(CCN)nc(N3CC(N4CCCCC4)C3)c2c1C.Cl.Cl. The minimum absolute atomic E-state index is 0. The Kier molecular flexibility index (Phi) is 7.51. The lowest BCUT2D eigenvalue weighted by atomic mass is 10.0. The van der Waals surface area contributed by atoms with Gasteiger partial charge in [-0.15, -0.1) is 36.2 Å². The van der Waals surface area contributed by atoms with E-state index in [1.807, 2.05) is 0 Å². The number of nitrogens with zero attached hydrogens (tertiary/aromatic N) is 4. The summed E-state index contributed by atoms with van der Waals surface area (Å²) in [6, 6.07) is 0.702. The molecule has 8 heteroatoms. The third-order valence-corrected chi connectivity index (χ3v) is 6.59. The summed E-state index contributed by atoms with van der Waals surface area (Å²) in [5.41, 5.74) is 7.07. The number of likely N-dealkylation sites (tertiary alicyclic amines) is 1. The van der Waals surface area contributed by atoms with Gasteiger partial charge in [-0.05, 0) is 51.9 Å². The largest absolute Gasteiger partial charge is 0.353 e. The van der Waals surface area contributed by atoms with Gasteiger partial charge in [0.15, 0.2) is 0 Å². The Morgan fingerprint density at radius 1 is 1.08 bits per heavy atom. The molecule has 4 heterocycles. The summed E-state index contributed by atoms with van der Waals surface area (Å²) >= 11 is 1.78. The van der Waals surface area contributed by atoms with E-state index in [9.17, 15) is 0 Å². The zero-order valence-corrected chi connectivity index (χ0v) is 18.0. The highest BCUT2D eigenvalue weighted by Gasteiger charge is 2.34. The molecule has 2 fully saturated rings. The van der Waals surface area contributed by atoms with Gasteiger partial charge in [-0.25, -0.2) is 9.97 Å². The van der Waals surface area contributed by atoms with Gasteiger partial charge < -0.3 is 10.6 Å². The molecule has 26 heavy (non-hydrogen) atoms. The first-order valence-electron chi connectivity index (χ1n) is 9.13. The molecule has 0 unspecified atom stereocenters. The van der Waals surface area contributed by atoms with Crippen molar-refractivity contribution < 1.29 is 0 Å². The molecule has 2 N–H and O–H groups in total. The second kappa shape index (κ2) is 9.02. The van der Waals surface area contributed by atoms with Gasteiger partial charge in [0.05, 0.1) is 5.39 Å². The number of fused-ring (bicyclic) bond motifs is 1. The first kappa shape index (κ1) is 21.6. The predicted octanol–water partition coefficient (Wildman–Crippen LogP) is 3.33. The first-order valence-corrected chi connectivity index (χ1v) is 9.94. The molecule has 4 rings (SSSR count). The Morgan fingerprint density at radius 3 is 2.42 bits per heavy atom. The molecular formula is C18H29Cl2N5S. The van der Waals surface area contributed by atoms with Crippen molar-refractivity contribution in [2.24, 2.45) is 5.73 Å². The van der Waals surface area contributed by atoms with Crippen molar-refractivity contribution in [2.75, 3.05) is 37.6 Å². The number of aromatic nitrogens is 2. The van der Waals surface area contributed by atoms with Crippen molar-refractivity contribution in [2.45, 2.75) is 45.6 Å². The van der Waals surface area contributed by atoms with Gasteiger partial charge in [0.2, 0.25) is 0 Å². The second-order valence-electron chi connectivity index (χ2n) is 7.12. The third kappa shape index (κ3) is 3.94. The van der Waals surface area contributed by atoms with Crippen LogP contribution in [0.4, 0.5) is 5.82 Å². The van der Waals surface area contributed by atoms with Gasteiger partial charge in [0.1, 0.15) is 16.5 Å².